The molecule has 0 aromatic rings. The van der Waals surface area contributed by atoms with E-state index in [1.54, 1.807) is 0 Å². The van der Waals surface area contributed by atoms with Gasteiger partial charge in [0.1, 0.15) is 0 Å². The minimum Gasteiger partial charge on any atom is -0.0587 e. The average molecular weight is 218 g/mol. The van der Waals surface area contributed by atoms with E-state index in [2.05, 4.69) is 51.8 Å². The highest BCUT2D eigenvalue weighted by Gasteiger charge is 1.93. The van der Waals surface area contributed by atoms with Crippen molar-refractivity contribution in [3.8, 4) is 0 Å². The minimum absolute atomic E-state index is 1.31. The van der Waals surface area contributed by atoms with Crippen molar-refractivity contribution in [3.05, 3.63) is 33.5 Å². The van der Waals surface area contributed by atoms with Gasteiger partial charge in [0.05, 0.1) is 0 Å². The molecule has 0 atom stereocenters. The largest absolute Gasteiger partial charge is 0.0587 e. The van der Waals surface area contributed by atoms with Crippen molar-refractivity contribution >= 4 is 22.6 Å². The Hall–Kier alpha value is -0.0500. The van der Waals surface area contributed by atoms with Crippen LogP contribution in [-0.4, -0.2) is 0 Å². The van der Waals surface area contributed by atoms with E-state index in [9.17, 15) is 0 Å². The third-order valence-electron chi connectivity index (χ3n) is 1.06. The molecule has 0 spiro atoms. The second-order valence-electron chi connectivity index (χ2n) is 1.83. The number of allylic oxidation sites excluding steroid dienone is 5. The van der Waals surface area contributed by atoms with Crippen LogP contribution < -0.4 is 0 Å². The van der Waals surface area contributed by atoms with Gasteiger partial charge in [0.2, 0.25) is 0 Å². The first-order valence-electron chi connectivity index (χ1n) is 2.49. The molecule has 0 saturated carbocycles. The SMILES string of the molecule is CC1=C/C(=C\I)C=C1. The summed E-state index contributed by atoms with van der Waals surface area (Å²) in [4.78, 5) is 0. The minimum atomic E-state index is 1.31. The average Bonchev–Trinajstić information content (AvgIpc) is 2.14. The zero-order valence-corrected chi connectivity index (χ0v) is 6.84. The molecule has 0 amide bonds. The molecule has 0 N–H and O–H groups in total. The maximum Gasteiger partial charge on any atom is -0.0161 e. The van der Waals surface area contributed by atoms with E-state index in [0.717, 1.165) is 0 Å². The van der Waals surface area contributed by atoms with Gasteiger partial charge in [-0.2, -0.15) is 0 Å². The van der Waals surface area contributed by atoms with Crippen molar-refractivity contribution < 1.29 is 0 Å². The molecule has 1 aliphatic carbocycles. The fourth-order valence-electron chi connectivity index (χ4n) is 0.655. The molecule has 1 rings (SSSR count). The number of halogens is 1. The van der Waals surface area contributed by atoms with E-state index in [1.165, 1.54) is 11.1 Å². The summed E-state index contributed by atoms with van der Waals surface area (Å²) in [5.41, 5.74) is 2.65. The summed E-state index contributed by atoms with van der Waals surface area (Å²) in [5, 5.41) is 0. The second kappa shape index (κ2) is 2.49. The quantitative estimate of drug-likeness (QED) is 0.548. The number of hydrogen-bond acceptors (Lipinski definition) is 0. The monoisotopic (exact) mass is 218 g/mol. The highest BCUT2D eigenvalue weighted by molar-refractivity contribution is 14.1. The van der Waals surface area contributed by atoms with E-state index in [-0.39, 0.29) is 0 Å². The molecule has 1 aliphatic rings. The standard InChI is InChI=1S/C7H7I/c1-6-2-3-7(4-6)5-8/h2-5H,1H3/b7-5-. The molecular formula is C7H7I. The van der Waals surface area contributed by atoms with Crippen LogP contribution in [0.15, 0.2) is 33.5 Å². The predicted octanol–water partition coefficient (Wildman–Crippen LogP) is 2.82. The van der Waals surface area contributed by atoms with Gasteiger partial charge in [0, 0.05) is 0 Å². The molecule has 8 heavy (non-hydrogen) atoms. The Kier molecular flexibility index (Phi) is 1.89. The Bertz CT molecular complexity index is 173. The fraction of sp³-hybridized carbons (Fsp3) is 0.143. The summed E-state index contributed by atoms with van der Waals surface area (Å²) in [6.07, 6.45) is 6.39. The van der Waals surface area contributed by atoms with Crippen molar-refractivity contribution in [2.24, 2.45) is 0 Å². The zero-order valence-electron chi connectivity index (χ0n) is 4.69. The Labute approximate surface area is 63.1 Å². The third-order valence-corrected chi connectivity index (χ3v) is 1.78. The van der Waals surface area contributed by atoms with Crippen molar-refractivity contribution in [1.82, 2.24) is 0 Å². The molecule has 0 saturated heterocycles. The molecule has 0 aromatic carbocycles. The molecule has 0 aliphatic heterocycles. The van der Waals surface area contributed by atoms with Crippen LogP contribution in [0.1, 0.15) is 6.92 Å². The van der Waals surface area contributed by atoms with Crippen molar-refractivity contribution in [2.75, 3.05) is 0 Å². The Morgan fingerprint density at radius 2 is 2.25 bits per heavy atom. The highest BCUT2D eigenvalue weighted by Crippen LogP contribution is 2.14. The van der Waals surface area contributed by atoms with Crippen molar-refractivity contribution in [3.63, 3.8) is 0 Å². The van der Waals surface area contributed by atoms with Gasteiger partial charge < -0.3 is 0 Å². The van der Waals surface area contributed by atoms with Crippen LogP contribution >= 0.6 is 22.6 Å². The zero-order chi connectivity index (χ0) is 5.98. The Morgan fingerprint density at radius 3 is 2.50 bits per heavy atom. The Morgan fingerprint density at radius 1 is 1.50 bits per heavy atom. The van der Waals surface area contributed by atoms with E-state index >= 15 is 0 Å². The lowest BCUT2D eigenvalue weighted by Crippen LogP contribution is -1.58. The molecule has 0 aromatic heterocycles. The van der Waals surface area contributed by atoms with E-state index < -0.39 is 0 Å². The van der Waals surface area contributed by atoms with Gasteiger partial charge in [0.25, 0.3) is 0 Å². The molecule has 0 radical (unpaired) electrons. The highest BCUT2D eigenvalue weighted by atomic mass is 127. The van der Waals surface area contributed by atoms with Crippen molar-refractivity contribution in [1.29, 1.82) is 0 Å². The van der Waals surface area contributed by atoms with E-state index in [1.807, 2.05) is 0 Å². The molecule has 1 heteroatoms. The fourth-order valence-corrected chi connectivity index (χ4v) is 1.04. The molecule has 0 heterocycles. The predicted molar refractivity (Wildman–Crippen MR) is 45.0 cm³/mol. The summed E-state index contributed by atoms with van der Waals surface area (Å²) in [7, 11) is 0. The first-order chi connectivity index (χ1) is 3.83. The number of hydrogen-bond donors (Lipinski definition) is 0. The molecule has 42 valence electrons. The summed E-state index contributed by atoms with van der Waals surface area (Å²) >= 11 is 2.24. The maximum absolute atomic E-state index is 2.24. The maximum atomic E-state index is 2.24. The van der Waals surface area contributed by atoms with Crippen LogP contribution in [0.3, 0.4) is 0 Å². The van der Waals surface area contributed by atoms with Crippen LogP contribution in [0, 0.1) is 0 Å². The van der Waals surface area contributed by atoms with Gasteiger partial charge in [-0.1, -0.05) is 46.4 Å². The summed E-state index contributed by atoms with van der Waals surface area (Å²) < 4.78 is 2.07. The molecule has 0 nitrogen and oxygen atoms in total. The van der Waals surface area contributed by atoms with Gasteiger partial charge in [-0.3, -0.25) is 0 Å². The van der Waals surface area contributed by atoms with Gasteiger partial charge >= 0.3 is 0 Å². The summed E-state index contributed by atoms with van der Waals surface area (Å²) in [5.74, 6) is 0. The van der Waals surface area contributed by atoms with Crippen LogP contribution in [0.4, 0.5) is 0 Å². The van der Waals surface area contributed by atoms with E-state index in [0.29, 0.717) is 0 Å². The van der Waals surface area contributed by atoms with Crippen LogP contribution in [0.25, 0.3) is 0 Å². The third kappa shape index (κ3) is 1.22. The molecule has 0 unspecified atom stereocenters. The van der Waals surface area contributed by atoms with Crippen LogP contribution in [0.5, 0.6) is 0 Å². The van der Waals surface area contributed by atoms with E-state index in [4.69, 9.17) is 0 Å². The Balaban J connectivity index is 2.84. The lowest BCUT2D eigenvalue weighted by Gasteiger charge is -1.79. The first-order valence-corrected chi connectivity index (χ1v) is 3.74. The van der Waals surface area contributed by atoms with Gasteiger partial charge in [0.15, 0.2) is 0 Å². The van der Waals surface area contributed by atoms with Crippen molar-refractivity contribution in [2.45, 2.75) is 6.92 Å². The van der Waals surface area contributed by atoms with Gasteiger partial charge in [-0.05, 0) is 16.6 Å². The first kappa shape index (κ1) is 6.08. The number of rotatable bonds is 0. The molecule has 0 bridgehead atoms. The molecule has 0 fully saturated rings. The lowest BCUT2D eigenvalue weighted by molar-refractivity contribution is 1.56. The summed E-state index contributed by atoms with van der Waals surface area (Å²) in [6, 6.07) is 0. The van der Waals surface area contributed by atoms with Crippen LogP contribution in [0.2, 0.25) is 0 Å². The van der Waals surface area contributed by atoms with Crippen LogP contribution in [-0.2, 0) is 0 Å². The topological polar surface area (TPSA) is 0 Å². The lowest BCUT2D eigenvalue weighted by atomic mass is 10.3. The normalized spacial score (nSPS) is 22.2. The smallest absolute Gasteiger partial charge is 0.0161 e. The molecular weight excluding hydrogens is 211 g/mol. The second-order valence-corrected chi connectivity index (χ2v) is 2.45. The van der Waals surface area contributed by atoms with Gasteiger partial charge in [-0.25, -0.2) is 0 Å². The van der Waals surface area contributed by atoms with Gasteiger partial charge in [-0.15, -0.1) is 0 Å². The summed E-state index contributed by atoms with van der Waals surface area (Å²) in [6.45, 7) is 2.10.